The van der Waals surface area contributed by atoms with Gasteiger partial charge in [-0.1, -0.05) is 19.3 Å². The summed E-state index contributed by atoms with van der Waals surface area (Å²) >= 11 is 0. The molecule has 1 heterocycles. The van der Waals surface area contributed by atoms with E-state index in [4.69, 9.17) is 0 Å². The number of carbonyl (C=O) groups is 1. The van der Waals surface area contributed by atoms with Crippen LogP contribution in [0.25, 0.3) is 0 Å². The van der Waals surface area contributed by atoms with Gasteiger partial charge in [-0.2, -0.15) is 0 Å². The van der Waals surface area contributed by atoms with Gasteiger partial charge in [0.25, 0.3) is 0 Å². The van der Waals surface area contributed by atoms with Gasteiger partial charge in [-0.05, 0) is 25.8 Å². The summed E-state index contributed by atoms with van der Waals surface area (Å²) in [5.41, 5.74) is -0.751. The van der Waals surface area contributed by atoms with E-state index in [0.29, 0.717) is 25.6 Å². The first-order valence-electron chi connectivity index (χ1n) is 7.04. The number of amides is 2. The molecular weight excluding hydrogens is 230 g/mol. The molecule has 0 aromatic heterocycles. The van der Waals surface area contributed by atoms with Gasteiger partial charge in [0, 0.05) is 19.6 Å². The molecule has 1 saturated carbocycles. The molecule has 1 atom stereocenters. The second-order valence-electron chi connectivity index (χ2n) is 5.79. The summed E-state index contributed by atoms with van der Waals surface area (Å²) in [7, 11) is 1.76. The normalized spacial score (nSPS) is 29.2. The first-order chi connectivity index (χ1) is 8.59. The SMILES string of the molecule is CN(CC1(O)CCNC1)C(=O)NC1CCCCC1. The zero-order valence-corrected chi connectivity index (χ0v) is 11.2. The molecule has 18 heavy (non-hydrogen) atoms. The van der Waals surface area contributed by atoms with Crippen molar-refractivity contribution in [3.8, 4) is 0 Å². The predicted octanol–water partition coefficient (Wildman–Crippen LogP) is 0.685. The number of nitrogens with zero attached hydrogens (tertiary/aromatic N) is 1. The Morgan fingerprint density at radius 3 is 2.78 bits per heavy atom. The van der Waals surface area contributed by atoms with Crippen molar-refractivity contribution in [3.63, 3.8) is 0 Å². The predicted molar refractivity (Wildman–Crippen MR) is 70.5 cm³/mol. The van der Waals surface area contributed by atoms with Crippen LogP contribution in [0, 0.1) is 0 Å². The maximum Gasteiger partial charge on any atom is 0.317 e. The Hall–Kier alpha value is -0.810. The topological polar surface area (TPSA) is 64.6 Å². The lowest BCUT2D eigenvalue weighted by Gasteiger charge is -2.30. The second kappa shape index (κ2) is 5.89. The van der Waals surface area contributed by atoms with Gasteiger partial charge in [0.2, 0.25) is 0 Å². The number of likely N-dealkylation sites (N-methyl/N-ethyl adjacent to an activating group) is 1. The van der Waals surface area contributed by atoms with Crippen LogP contribution in [0.1, 0.15) is 38.5 Å². The summed E-state index contributed by atoms with van der Waals surface area (Å²) in [4.78, 5) is 13.6. The third kappa shape index (κ3) is 3.59. The molecule has 0 spiro atoms. The summed E-state index contributed by atoms with van der Waals surface area (Å²) < 4.78 is 0. The molecule has 3 N–H and O–H groups in total. The van der Waals surface area contributed by atoms with Gasteiger partial charge in [-0.25, -0.2) is 4.79 Å². The molecule has 2 fully saturated rings. The molecule has 0 radical (unpaired) electrons. The fraction of sp³-hybridized carbons (Fsp3) is 0.923. The van der Waals surface area contributed by atoms with Gasteiger partial charge < -0.3 is 20.6 Å². The Morgan fingerprint density at radius 2 is 2.17 bits per heavy atom. The molecule has 2 amide bonds. The fourth-order valence-electron chi connectivity index (χ4n) is 2.91. The summed E-state index contributed by atoms with van der Waals surface area (Å²) in [6.07, 6.45) is 6.60. The lowest BCUT2D eigenvalue weighted by Crippen LogP contribution is -2.50. The first-order valence-corrected chi connectivity index (χ1v) is 7.04. The summed E-state index contributed by atoms with van der Waals surface area (Å²) in [5, 5.41) is 16.4. The highest BCUT2D eigenvalue weighted by Gasteiger charge is 2.33. The second-order valence-corrected chi connectivity index (χ2v) is 5.79. The molecular formula is C13H25N3O2. The van der Waals surface area contributed by atoms with E-state index < -0.39 is 5.60 Å². The summed E-state index contributed by atoms with van der Waals surface area (Å²) in [5.74, 6) is 0. The monoisotopic (exact) mass is 255 g/mol. The van der Waals surface area contributed by atoms with Gasteiger partial charge in [0.15, 0.2) is 0 Å². The average molecular weight is 255 g/mol. The highest BCUT2D eigenvalue weighted by Crippen LogP contribution is 2.18. The molecule has 5 nitrogen and oxygen atoms in total. The van der Waals surface area contributed by atoms with Gasteiger partial charge in [-0.3, -0.25) is 0 Å². The number of rotatable bonds is 3. The molecule has 0 bridgehead atoms. The van der Waals surface area contributed by atoms with Gasteiger partial charge in [0.05, 0.1) is 12.1 Å². The lowest BCUT2D eigenvalue weighted by molar-refractivity contribution is 0.0363. The van der Waals surface area contributed by atoms with Crippen LogP contribution in [0.3, 0.4) is 0 Å². The van der Waals surface area contributed by atoms with Crippen LogP contribution in [0.15, 0.2) is 0 Å². The van der Waals surface area contributed by atoms with Crippen molar-refractivity contribution in [2.75, 3.05) is 26.7 Å². The van der Waals surface area contributed by atoms with Crippen LogP contribution in [-0.4, -0.2) is 54.4 Å². The Morgan fingerprint density at radius 1 is 1.44 bits per heavy atom. The highest BCUT2D eigenvalue weighted by atomic mass is 16.3. The van der Waals surface area contributed by atoms with E-state index >= 15 is 0 Å². The van der Waals surface area contributed by atoms with Crippen LogP contribution in [0.4, 0.5) is 4.79 Å². The van der Waals surface area contributed by atoms with E-state index in [2.05, 4.69) is 10.6 Å². The summed E-state index contributed by atoms with van der Waals surface area (Å²) in [6.45, 7) is 1.81. The Bertz CT molecular complexity index is 284. The van der Waals surface area contributed by atoms with Gasteiger partial charge in [0.1, 0.15) is 0 Å². The molecule has 1 saturated heterocycles. The molecule has 0 aromatic rings. The van der Waals surface area contributed by atoms with Crippen molar-refractivity contribution < 1.29 is 9.90 Å². The summed E-state index contributed by atoms with van der Waals surface area (Å²) in [6, 6.07) is 0.271. The van der Waals surface area contributed by atoms with Crippen LogP contribution >= 0.6 is 0 Å². The minimum absolute atomic E-state index is 0.0535. The standard InChI is InChI=1S/C13H25N3O2/c1-16(10-13(18)7-8-14-9-13)12(17)15-11-5-3-2-4-6-11/h11,14,18H,2-10H2,1H3,(H,15,17). The molecule has 0 aromatic carbocycles. The van der Waals surface area contributed by atoms with Crippen molar-refractivity contribution in [1.29, 1.82) is 0 Å². The minimum Gasteiger partial charge on any atom is -0.387 e. The number of hydrogen-bond donors (Lipinski definition) is 3. The maximum atomic E-state index is 12.0. The van der Waals surface area contributed by atoms with Crippen LogP contribution in [0.5, 0.6) is 0 Å². The molecule has 104 valence electrons. The molecule has 2 aliphatic rings. The number of nitrogens with one attached hydrogen (secondary N) is 2. The Balaban J connectivity index is 1.77. The zero-order chi connectivity index (χ0) is 13.0. The van der Waals surface area contributed by atoms with E-state index in [1.807, 2.05) is 0 Å². The first kappa shape index (κ1) is 13.6. The van der Waals surface area contributed by atoms with Crippen molar-refractivity contribution in [1.82, 2.24) is 15.5 Å². The van der Waals surface area contributed by atoms with Crippen LogP contribution < -0.4 is 10.6 Å². The highest BCUT2D eigenvalue weighted by molar-refractivity contribution is 5.74. The number of carbonyl (C=O) groups excluding carboxylic acids is 1. The van der Waals surface area contributed by atoms with Crippen molar-refractivity contribution in [2.24, 2.45) is 0 Å². The molecule has 2 rings (SSSR count). The number of aliphatic hydroxyl groups is 1. The fourth-order valence-corrected chi connectivity index (χ4v) is 2.91. The van der Waals surface area contributed by atoms with Crippen molar-refractivity contribution in [3.05, 3.63) is 0 Å². The molecule has 1 aliphatic heterocycles. The van der Waals surface area contributed by atoms with E-state index in [9.17, 15) is 9.90 Å². The van der Waals surface area contributed by atoms with Gasteiger partial charge in [-0.15, -0.1) is 0 Å². The Kier molecular flexibility index (Phi) is 4.45. The third-order valence-electron chi connectivity index (χ3n) is 4.03. The quantitative estimate of drug-likeness (QED) is 0.695. The van der Waals surface area contributed by atoms with E-state index in [0.717, 1.165) is 19.4 Å². The molecule has 1 unspecified atom stereocenters. The van der Waals surface area contributed by atoms with Crippen LogP contribution in [0.2, 0.25) is 0 Å². The smallest absolute Gasteiger partial charge is 0.317 e. The van der Waals surface area contributed by atoms with Crippen LogP contribution in [-0.2, 0) is 0 Å². The van der Waals surface area contributed by atoms with E-state index in [-0.39, 0.29) is 6.03 Å². The average Bonchev–Trinajstić information content (AvgIpc) is 2.77. The minimum atomic E-state index is -0.751. The maximum absolute atomic E-state index is 12.0. The third-order valence-corrected chi connectivity index (χ3v) is 4.03. The van der Waals surface area contributed by atoms with Crippen molar-refractivity contribution in [2.45, 2.75) is 50.2 Å². The lowest BCUT2D eigenvalue weighted by atomic mass is 9.96. The molecule has 1 aliphatic carbocycles. The van der Waals surface area contributed by atoms with E-state index in [1.54, 1.807) is 11.9 Å². The van der Waals surface area contributed by atoms with Crippen molar-refractivity contribution >= 4 is 6.03 Å². The largest absolute Gasteiger partial charge is 0.387 e. The van der Waals surface area contributed by atoms with Gasteiger partial charge >= 0.3 is 6.03 Å². The van der Waals surface area contributed by atoms with E-state index in [1.165, 1.54) is 19.3 Å². The number of β-amino-alcohol motifs (C(OH)–C–C–N with tert-alkyl or cyclic N) is 1. The molecule has 5 heteroatoms. The Labute approximate surface area is 109 Å². The number of hydrogen-bond acceptors (Lipinski definition) is 3. The zero-order valence-electron chi connectivity index (χ0n) is 11.2. The number of urea groups is 1.